The van der Waals surface area contributed by atoms with E-state index in [1.807, 2.05) is 50.5 Å². The number of thioether (sulfide) groups is 2. The standard InChI is InChI=1S/C27H40ClN3OS2/c1-8-22(17-25(19-33-7)31(6)20-29-4)12-14-30(5)27(32)13-15-34-26-11-10-23(21(3)16-26)18-24(28)9-2/h9-11,16,18-20,22H,3,8,12-15,17H2,1-2,4-7H3/b23-18-,24-9+,25-19-,29-20?. The first-order valence-corrected chi connectivity index (χ1v) is 14.3. The van der Waals surface area contributed by atoms with E-state index in [-0.39, 0.29) is 5.91 Å². The third-order valence-electron chi connectivity index (χ3n) is 5.64. The van der Waals surface area contributed by atoms with E-state index >= 15 is 0 Å². The van der Waals surface area contributed by atoms with Crippen molar-refractivity contribution in [3.8, 4) is 0 Å². The van der Waals surface area contributed by atoms with Gasteiger partial charge in [0.25, 0.3) is 0 Å². The number of hydrogen-bond donors (Lipinski definition) is 0. The Balaban J connectivity index is 2.56. The second-order valence-corrected chi connectivity index (χ2v) is 10.5. The van der Waals surface area contributed by atoms with Crippen molar-refractivity contribution < 1.29 is 4.79 Å². The summed E-state index contributed by atoms with van der Waals surface area (Å²) in [7, 11) is 5.74. The van der Waals surface area contributed by atoms with Crippen LogP contribution in [0, 0.1) is 5.92 Å². The molecule has 0 saturated carbocycles. The highest BCUT2D eigenvalue weighted by molar-refractivity contribution is 8.01. The minimum absolute atomic E-state index is 0.192. The summed E-state index contributed by atoms with van der Waals surface area (Å²) in [5.41, 5.74) is 1.26. The van der Waals surface area contributed by atoms with Crippen LogP contribution >= 0.6 is 35.1 Å². The third kappa shape index (κ3) is 11.2. The van der Waals surface area contributed by atoms with Gasteiger partial charge in [0.15, 0.2) is 0 Å². The van der Waals surface area contributed by atoms with Crippen molar-refractivity contribution in [1.29, 1.82) is 0 Å². The van der Waals surface area contributed by atoms with Gasteiger partial charge in [0.1, 0.15) is 0 Å². The van der Waals surface area contributed by atoms with Crippen molar-refractivity contribution in [2.24, 2.45) is 10.9 Å². The van der Waals surface area contributed by atoms with Gasteiger partial charge in [0, 0.05) is 55.5 Å². The summed E-state index contributed by atoms with van der Waals surface area (Å²) in [5.74, 6) is 1.47. The fourth-order valence-corrected chi connectivity index (χ4v) is 4.95. The Labute approximate surface area is 219 Å². The van der Waals surface area contributed by atoms with E-state index in [0.717, 1.165) is 46.9 Å². The lowest BCUT2D eigenvalue weighted by atomic mass is 9.96. The first-order valence-electron chi connectivity index (χ1n) is 11.6. The van der Waals surface area contributed by atoms with Gasteiger partial charge in [-0.05, 0) is 66.0 Å². The molecule has 0 aromatic heterocycles. The molecule has 0 aliphatic rings. The Morgan fingerprint density at radius 2 is 2.06 bits per heavy atom. The third-order valence-corrected chi connectivity index (χ3v) is 7.47. The lowest BCUT2D eigenvalue weighted by Crippen LogP contribution is -2.29. The number of hydrogen-bond acceptors (Lipinski definition) is 4. The van der Waals surface area contributed by atoms with Crippen LogP contribution in [0.2, 0.25) is 0 Å². The highest BCUT2D eigenvalue weighted by atomic mass is 35.5. The minimum atomic E-state index is 0.192. The normalized spacial score (nSPS) is 14.0. The predicted octanol–water partition coefficient (Wildman–Crippen LogP) is 5.56. The van der Waals surface area contributed by atoms with E-state index in [9.17, 15) is 4.79 Å². The van der Waals surface area contributed by atoms with Gasteiger partial charge in [0.05, 0.1) is 6.34 Å². The van der Waals surface area contributed by atoms with Gasteiger partial charge < -0.3 is 9.80 Å². The molecule has 0 bridgehead atoms. The van der Waals surface area contributed by atoms with Crippen LogP contribution in [0.1, 0.15) is 39.5 Å². The van der Waals surface area contributed by atoms with Crippen LogP contribution in [0.4, 0.5) is 0 Å². The lowest BCUT2D eigenvalue weighted by molar-refractivity contribution is -0.129. The quantitative estimate of drug-likeness (QED) is 0.182. The molecule has 1 unspecified atom stereocenters. The van der Waals surface area contributed by atoms with Crippen LogP contribution in [-0.2, 0) is 4.79 Å². The van der Waals surface area contributed by atoms with Gasteiger partial charge in [-0.2, -0.15) is 0 Å². The second kappa shape index (κ2) is 16.9. The Morgan fingerprint density at radius 1 is 1.32 bits per heavy atom. The van der Waals surface area contributed by atoms with Crippen LogP contribution in [0.5, 0.6) is 0 Å². The van der Waals surface area contributed by atoms with E-state index in [0.29, 0.717) is 17.4 Å². The van der Waals surface area contributed by atoms with Crippen LogP contribution < -0.4 is 10.4 Å². The van der Waals surface area contributed by atoms with Crippen LogP contribution in [0.3, 0.4) is 0 Å². The molecule has 34 heavy (non-hydrogen) atoms. The lowest BCUT2D eigenvalue weighted by Gasteiger charge is -2.25. The molecule has 1 amide bonds. The van der Waals surface area contributed by atoms with Gasteiger partial charge in [-0.3, -0.25) is 9.79 Å². The maximum absolute atomic E-state index is 12.7. The van der Waals surface area contributed by atoms with Gasteiger partial charge in [-0.25, -0.2) is 0 Å². The van der Waals surface area contributed by atoms with Crippen molar-refractivity contribution in [3.63, 3.8) is 0 Å². The number of benzene rings is 1. The molecule has 7 heteroatoms. The van der Waals surface area contributed by atoms with Gasteiger partial charge in [0.2, 0.25) is 5.91 Å². The highest BCUT2D eigenvalue weighted by Crippen LogP contribution is 2.23. The second-order valence-electron chi connectivity index (χ2n) is 8.19. The molecule has 1 rings (SSSR count). The molecule has 0 heterocycles. The zero-order valence-corrected chi connectivity index (χ0v) is 23.9. The maximum Gasteiger partial charge on any atom is 0.223 e. The summed E-state index contributed by atoms with van der Waals surface area (Å²) < 4.78 is 0. The topological polar surface area (TPSA) is 35.9 Å². The fraction of sp³-hybridized carbons (Fsp3) is 0.481. The van der Waals surface area contributed by atoms with Crippen molar-refractivity contribution >= 4 is 60.0 Å². The summed E-state index contributed by atoms with van der Waals surface area (Å²) in [4.78, 5) is 21.9. The molecule has 1 atom stereocenters. The molecular formula is C27H40ClN3OS2. The monoisotopic (exact) mass is 521 g/mol. The molecule has 0 saturated heterocycles. The summed E-state index contributed by atoms with van der Waals surface area (Å²) in [6.45, 7) is 9.03. The first kappa shape index (κ1) is 30.4. The van der Waals surface area contributed by atoms with Crippen molar-refractivity contribution in [3.05, 3.63) is 50.8 Å². The highest BCUT2D eigenvalue weighted by Gasteiger charge is 2.15. The first-order chi connectivity index (χ1) is 16.2. The average molecular weight is 522 g/mol. The molecule has 0 N–H and O–H groups in total. The molecule has 1 aromatic rings. The maximum atomic E-state index is 12.7. The molecule has 188 valence electrons. The summed E-state index contributed by atoms with van der Waals surface area (Å²) in [6.07, 6.45) is 11.3. The summed E-state index contributed by atoms with van der Waals surface area (Å²) in [6, 6.07) is 6.14. The number of aliphatic imine (C=N–C) groups is 1. The number of rotatable bonds is 14. The minimum Gasteiger partial charge on any atom is -0.346 e. The van der Waals surface area contributed by atoms with Crippen molar-refractivity contribution in [2.75, 3.05) is 39.7 Å². The van der Waals surface area contributed by atoms with Gasteiger partial charge in [-0.1, -0.05) is 43.7 Å². The smallest absolute Gasteiger partial charge is 0.223 e. The Kier molecular flexibility index (Phi) is 15.1. The fourth-order valence-electron chi connectivity index (χ4n) is 3.40. The summed E-state index contributed by atoms with van der Waals surface area (Å²) in [5, 5.41) is 4.83. The van der Waals surface area contributed by atoms with Gasteiger partial charge >= 0.3 is 0 Å². The van der Waals surface area contributed by atoms with Crippen molar-refractivity contribution in [2.45, 2.75) is 44.4 Å². The number of allylic oxidation sites excluding steroid dienone is 3. The summed E-state index contributed by atoms with van der Waals surface area (Å²) >= 11 is 9.50. The average Bonchev–Trinajstić information content (AvgIpc) is 2.82. The molecule has 0 fully saturated rings. The zero-order chi connectivity index (χ0) is 25.5. The zero-order valence-electron chi connectivity index (χ0n) is 21.5. The number of carbonyl (C=O) groups is 1. The molecule has 0 radical (unpaired) electrons. The number of amides is 1. The molecule has 0 aliphatic heterocycles. The SMILES string of the molecule is C=c1cc(SCCC(=O)N(C)CCC(CC)C/C(=C/SC)N(C)C=NC)cc/c1=C/C(Cl)=C\C. The number of nitrogens with zero attached hydrogens (tertiary/aromatic N) is 3. The van der Waals surface area contributed by atoms with Gasteiger partial charge in [-0.15, -0.1) is 23.5 Å². The molecular weight excluding hydrogens is 482 g/mol. The Bertz CT molecular complexity index is 975. The molecule has 0 aliphatic carbocycles. The van der Waals surface area contributed by atoms with E-state index in [2.05, 4.69) is 47.2 Å². The van der Waals surface area contributed by atoms with Crippen LogP contribution in [0.15, 0.2) is 50.3 Å². The molecule has 4 nitrogen and oxygen atoms in total. The number of halogens is 1. The van der Waals surface area contributed by atoms with E-state index < -0.39 is 0 Å². The van der Waals surface area contributed by atoms with Crippen molar-refractivity contribution in [1.82, 2.24) is 9.80 Å². The Hall–Kier alpha value is -1.63. The van der Waals surface area contributed by atoms with Crippen LogP contribution in [-0.4, -0.2) is 61.7 Å². The van der Waals surface area contributed by atoms with Crippen LogP contribution in [0.25, 0.3) is 12.7 Å². The molecule has 0 spiro atoms. The predicted molar refractivity (Wildman–Crippen MR) is 155 cm³/mol. The Morgan fingerprint density at radius 3 is 2.65 bits per heavy atom. The van der Waals surface area contributed by atoms with E-state index in [4.69, 9.17) is 11.6 Å². The van der Waals surface area contributed by atoms with E-state index in [1.165, 1.54) is 5.70 Å². The number of carbonyl (C=O) groups excluding carboxylic acids is 1. The van der Waals surface area contributed by atoms with E-state index in [1.54, 1.807) is 30.6 Å². The largest absolute Gasteiger partial charge is 0.346 e. The molecule has 1 aromatic carbocycles.